The second-order valence-electron chi connectivity index (χ2n) is 4.00. The van der Waals surface area contributed by atoms with Gasteiger partial charge in [0.25, 0.3) is 0 Å². The molecule has 0 bridgehead atoms. The van der Waals surface area contributed by atoms with Gasteiger partial charge in [0.15, 0.2) is 0 Å². The van der Waals surface area contributed by atoms with Gasteiger partial charge in [-0.25, -0.2) is 0 Å². The van der Waals surface area contributed by atoms with E-state index in [4.69, 9.17) is 4.74 Å². The summed E-state index contributed by atoms with van der Waals surface area (Å²) < 4.78 is 4.74. The van der Waals surface area contributed by atoms with Crippen LogP contribution < -0.4 is 0 Å². The summed E-state index contributed by atoms with van der Waals surface area (Å²) in [6, 6.07) is 0.193. The van der Waals surface area contributed by atoms with E-state index < -0.39 is 0 Å². The fourth-order valence-electron chi connectivity index (χ4n) is 2.50. The van der Waals surface area contributed by atoms with Crippen LogP contribution in [0, 0.1) is 0 Å². The van der Waals surface area contributed by atoms with E-state index in [-0.39, 0.29) is 12.0 Å². The molecule has 0 aromatic heterocycles. The average Bonchev–Trinajstić information content (AvgIpc) is 2.59. The van der Waals surface area contributed by atoms with Crippen molar-refractivity contribution in [2.75, 3.05) is 13.7 Å². The maximum Gasteiger partial charge on any atom is 0.323 e. The molecule has 2 aliphatic rings. The highest BCUT2D eigenvalue weighted by Gasteiger charge is 2.41. The fraction of sp³-hybridized carbons (Fsp3) is 0.800. The van der Waals surface area contributed by atoms with Gasteiger partial charge in [-0.2, -0.15) is 0 Å². The number of hydrogen-bond donors (Lipinski definition) is 0. The summed E-state index contributed by atoms with van der Waals surface area (Å²) >= 11 is 0. The number of piperidine rings is 1. The molecule has 78 valence electrons. The first-order valence-corrected chi connectivity index (χ1v) is 5.07. The van der Waals surface area contributed by atoms with Crippen LogP contribution in [0.1, 0.15) is 25.7 Å². The molecule has 4 heteroatoms. The van der Waals surface area contributed by atoms with Gasteiger partial charge < -0.3 is 4.74 Å². The lowest BCUT2D eigenvalue weighted by molar-refractivity contribution is -0.147. The summed E-state index contributed by atoms with van der Waals surface area (Å²) in [6.07, 6.45) is 2.99. The van der Waals surface area contributed by atoms with E-state index in [0.29, 0.717) is 24.7 Å². The Labute approximate surface area is 83.2 Å². The number of rotatable bonds is 1. The molecule has 2 atom stereocenters. The molecule has 0 aliphatic carbocycles. The van der Waals surface area contributed by atoms with Gasteiger partial charge in [-0.1, -0.05) is 0 Å². The molecule has 0 spiro atoms. The van der Waals surface area contributed by atoms with E-state index in [1.807, 2.05) is 0 Å². The first-order valence-electron chi connectivity index (χ1n) is 5.07. The monoisotopic (exact) mass is 197 g/mol. The van der Waals surface area contributed by atoms with Gasteiger partial charge in [0.1, 0.15) is 11.8 Å². The Morgan fingerprint density at radius 2 is 2.29 bits per heavy atom. The Morgan fingerprint density at radius 3 is 3.00 bits per heavy atom. The van der Waals surface area contributed by atoms with Crippen LogP contribution in [0.5, 0.6) is 0 Å². The summed E-state index contributed by atoms with van der Waals surface area (Å²) in [5.41, 5.74) is 0. The number of Topliss-reactive ketones (excluding diaryl/α,β-unsaturated/α-hetero) is 1. The quantitative estimate of drug-likeness (QED) is 0.569. The summed E-state index contributed by atoms with van der Waals surface area (Å²) in [7, 11) is 1.42. The molecule has 14 heavy (non-hydrogen) atoms. The first-order chi connectivity index (χ1) is 6.72. The molecule has 2 heterocycles. The fourth-order valence-corrected chi connectivity index (χ4v) is 2.50. The maximum atomic E-state index is 11.4. The van der Waals surface area contributed by atoms with Gasteiger partial charge >= 0.3 is 5.97 Å². The Balaban J connectivity index is 2.05. The Bertz CT molecular complexity index is 264. The topological polar surface area (TPSA) is 46.6 Å². The van der Waals surface area contributed by atoms with E-state index in [0.717, 1.165) is 19.4 Å². The molecule has 0 radical (unpaired) electrons. The summed E-state index contributed by atoms with van der Waals surface area (Å²) in [5, 5.41) is 0. The van der Waals surface area contributed by atoms with Crippen molar-refractivity contribution >= 4 is 11.8 Å². The molecule has 0 aromatic rings. The number of carbonyl (C=O) groups excluding carboxylic acids is 2. The summed E-state index contributed by atoms with van der Waals surface area (Å²) in [5.74, 6) is 0.179. The zero-order valence-corrected chi connectivity index (χ0v) is 8.36. The number of esters is 1. The van der Waals surface area contributed by atoms with Crippen molar-refractivity contribution in [2.24, 2.45) is 0 Å². The highest BCUT2D eigenvalue weighted by Crippen LogP contribution is 2.30. The minimum Gasteiger partial charge on any atom is -0.468 e. The molecule has 4 nitrogen and oxygen atoms in total. The van der Waals surface area contributed by atoms with Gasteiger partial charge in [-0.15, -0.1) is 0 Å². The van der Waals surface area contributed by atoms with E-state index >= 15 is 0 Å². The highest BCUT2D eigenvalue weighted by atomic mass is 16.5. The van der Waals surface area contributed by atoms with Gasteiger partial charge in [-0.05, 0) is 12.8 Å². The lowest BCUT2D eigenvalue weighted by Gasteiger charge is -2.31. The van der Waals surface area contributed by atoms with Crippen LogP contribution >= 0.6 is 0 Å². The first kappa shape index (κ1) is 9.65. The van der Waals surface area contributed by atoms with E-state index in [2.05, 4.69) is 4.90 Å². The lowest BCUT2D eigenvalue weighted by Crippen LogP contribution is -2.46. The number of methoxy groups -OCH3 is 1. The van der Waals surface area contributed by atoms with Crippen LogP contribution in [0.3, 0.4) is 0 Å². The SMILES string of the molecule is COC(=O)[C@@H]1CCC2CC(=O)CCN21. The van der Waals surface area contributed by atoms with E-state index in [9.17, 15) is 9.59 Å². The molecule has 2 fully saturated rings. The van der Waals surface area contributed by atoms with Crippen LogP contribution in [0.2, 0.25) is 0 Å². The summed E-state index contributed by atoms with van der Waals surface area (Å²) in [4.78, 5) is 24.7. The molecular weight excluding hydrogens is 182 g/mol. The normalized spacial score (nSPS) is 32.8. The zero-order chi connectivity index (χ0) is 10.1. The molecule has 2 aliphatic heterocycles. The minimum absolute atomic E-state index is 0.0990. The minimum atomic E-state index is -0.151. The number of nitrogens with zero attached hydrogens (tertiary/aromatic N) is 1. The smallest absolute Gasteiger partial charge is 0.323 e. The summed E-state index contributed by atoms with van der Waals surface area (Å²) in [6.45, 7) is 0.725. The van der Waals surface area contributed by atoms with Crippen LogP contribution in [-0.2, 0) is 14.3 Å². The van der Waals surface area contributed by atoms with Crippen LogP contribution in [0.25, 0.3) is 0 Å². The zero-order valence-electron chi connectivity index (χ0n) is 8.36. The standard InChI is InChI=1S/C10H15NO3/c1-14-10(13)9-3-2-7-6-8(12)4-5-11(7)9/h7,9H,2-6H2,1H3/t7?,9-/m0/s1. The molecular formula is C10H15NO3. The van der Waals surface area contributed by atoms with Crippen molar-refractivity contribution in [3.8, 4) is 0 Å². The third kappa shape index (κ3) is 1.54. The van der Waals surface area contributed by atoms with Crippen LogP contribution in [0.15, 0.2) is 0 Å². The molecule has 0 amide bonds. The van der Waals surface area contributed by atoms with Gasteiger partial charge in [-0.3, -0.25) is 14.5 Å². The van der Waals surface area contributed by atoms with Crippen molar-refractivity contribution in [1.82, 2.24) is 4.90 Å². The Kier molecular flexibility index (Phi) is 2.54. The van der Waals surface area contributed by atoms with Crippen LogP contribution in [0.4, 0.5) is 0 Å². The molecule has 1 unspecified atom stereocenters. The van der Waals surface area contributed by atoms with Gasteiger partial charge in [0.05, 0.1) is 7.11 Å². The van der Waals surface area contributed by atoms with Crippen molar-refractivity contribution in [3.63, 3.8) is 0 Å². The molecule has 0 aromatic carbocycles. The lowest BCUT2D eigenvalue weighted by atomic mass is 10.0. The van der Waals surface area contributed by atoms with Crippen molar-refractivity contribution in [3.05, 3.63) is 0 Å². The van der Waals surface area contributed by atoms with E-state index in [1.54, 1.807) is 0 Å². The number of ketones is 1. The predicted octanol–water partition coefficient (Wildman–Crippen LogP) is 0.355. The molecule has 2 saturated heterocycles. The number of hydrogen-bond acceptors (Lipinski definition) is 4. The predicted molar refractivity (Wildman–Crippen MR) is 49.8 cm³/mol. The van der Waals surface area contributed by atoms with Gasteiger partial charge in [0, 0.05) is 25.4 Å². The maximum absolute atomic E-state index is 11.4. The largest absolute Gasteiger partial charge is 0.468 e. The molecule has 2 rings (SSSR count). The third-order valence-electron chi connectivity index (χ3n) is 3.23. The van der Waals surface area contributed by atoms with Crippen molar-refractivity contribution in [2.45, 2.75) is 37.8 Å². The number of fused-ring (bicyclic) bond motifs is 1. The number of carbonyl (C=O) groups is 2. The number of ether oxygens (including phenoxy) is 1. The molecule has 0 N–H and O–H groups in total. The Morgan fingerprint density at radius 1 is 1.50 bits per heavy atom. The third-order valence-corrected chi connectivity index (χ3v) is 3.23. The highest BCUT2D eigenvalue weighted by molar-refractivity contribution is 5.81. The Hall–Kier alpha value is -0.900. The van der Waals surface area contributed by atoms with Crippen LogP contribution in [-0.4, -0.2) is 42.4 Å². The second kappa shape index (κ2) is 3.69. The van der Waals surface area contributed by atoms with E-state index in [1.165, 1.54) is 7.11 Å². The van der Waals surface area contributed by atoms with Crippen molar-refractivity contribution in [1.29, 1.82) is 0 Å². The van der Waals surface area contributed by atoms with Gasteiger partial charge in [0.2, 0.25) is 0 Å². The average molecular weight is 197 g/mol. The second-order valence-corrected chi connectivity index (χ2v) is 4.00. The van der Waals surface area contributed by atoms with Crippen molar-refractivity contribution < 1.29 is 14.3 Å². The molecule has 0 saturated carbocycles.